The van der Waals surface area contributed by atoms with Crippen LogP contribution in [0.3, 0.4) is 0 Å². The number of ether oxygens (including phenoxy) is 1. The molecule has 0 fully saturated rings. The summed E-state index contributed by atoms with van der Waals surface area (Å²) in [5.41, 5.74) is 0. The second-order valence-corrected chi connectivity index (χ2v) is 5.95. The van der Waals surface area contributed by atoms with Crippen LogP contribution in [0.25, 0.3) is 6.08 Å². The van der Waals surface area contributed by atoms with Crippen LogP contribution in [0.5, 0.6) is 0 Å². The molecule has 6 heteroatoms. The van der Waals surface area contributed by atoms with Gasteiger partial charge in [0.15, 0.2) is 0 Å². The summed E-state index contributed by atoms with van der Waals surface area (Å²) in [6, 6.07) is 3.16. The molecule has 1 N–H and O–H groups in total. The molecule has 0 radical (unpaired) electrons. The van der Waals surface area contributed by atoms with Crippen LogP contribution >= 0.6 is 27.3 Å². The maximum atomic E-state index is 11.5. The Bertz CT molecular complexity index is 456. The standard InChI is InChI=1S/C12H14BrNO3S/c1-3-17-12(16)8(2)14-11(15)7-5-9-4-6-10(13)18-9/h4-8H,3H2,1-2H3,(H,14,15)/b7-5+. The van der Waals surface area contributed by atoms with Crippen LogP contribution in [0.15, 0.2) is 22.0 Å². The number of esters is 1. The van der Waals surface area contributed by atoms with Gasteiger partial charge in [-0.15, -0.1) is 11.3 Å². The molecule has 98 valence electrons. The number of hydrogen-bond acceptors (Lipinski definition) is 4. The predicted octanol–water partition coefficient (Wildman–Crippen LogP) is 2.59. The fourth-order valence-electron chi connectivity index (χ4n) is 1.16. The molecule has 0 aliphatic carbocycles. The summed E-state index contributed by atoms with van der Waals surface area (Å²) in [4.78, 5) is 23.8. The normalized spacial score (nSPS) is 12.4. The van der Waals surface area contributed by atoms with Crippen molar-refractivity contribution in [1.82, 2.24) is 5.32 Å². The Labute approximate surface area is 118 Å². The first kappa shape index (κ1) is 14.9. The maximum absolute atomic E-state index is 11.5. The van der Waals surface area contributed by atoms with E-state index in [9.17, 15) is 9.59 Å². The first-order valence-corrected chi connectivity index (χ1v) is 7.04. The summed E-state index contributed by atoms with van der Waals surface area (Å²) in [6.45, 7) is 3.62. The topological polar surface area (TPSA) is 55.4 Å². The Kier molecular flexibility index (Phi) is 6.07. The van der Waals surface area contributed by atoms with E-state index in [1.54, 1.807) is 19.9 Å². The molecule has 18 heavy (non-hydrogen) atoms. The van der Waals surface area contributed by atoms with E-state index >= 15 is 0 Å². The highest BCUT2D eigenvalue weighted by atomic mass is 79.9. The Morgan fingerprint density at radius 1 is 1.56 bits per heavy atom. The quantitative estimate of drug-likeness (QED) is 0.666. The van der Waals surface area contributed by atoms with Gasteiger partial charge in [-0.25, -0.2) is 4.79 Å². The minimum absolute atomic E-state index is 0.304. The molecule has 1 unspecified atom stereocenters. The molecule has 0 aliphatic heterocycles. The average molecular weight is 332 g/mol. The van der Waals surface area contributed by atoms with Crippen LogP contribution < -0.4 is 5.32 Å². The summed E-state index contributed by atoms with van der Waals surface area (Å²) in [5, 5.41) is 2.53. The molecule has 1 atom stereocenters. The van der Waals surface area contributed by atoms with Crippen molar-refractivity contribution in [3.05, 3.63) is 26.9 Å². The molecule has 0 saturated carbocycles. The molecule has 0 bridgehead atoms. The third kappa shape index (κ3) is 5.01. The van der Waals surface area contributed by atoms with Gasteiger partial charge in [0, 0.05) is 11.0 Å². The largest absolute Gasteiger partial charge is 0.464 e. The minimum atomic E-state index is -0.642. The van der Waals surface area contributed by atoms with Crippen molar-refractivity contribution in [1.29, 1.82) is 0 Å². The van der Waals surface area contributed by atoms with Crippen molar-refractivity contribution in [3.8, 4) is 0 Å². The summed E-state index contributed by atoms with van der Waals surface area (Å²) in [6.07, 6.45) is 3.09. The van der Waals surface area contributed by atoms with E-state index in [0.29, 0.717) is 6.61 Å². The number of rotatable bonds is 5. The molecule has 1 aromatic rings. The maximum Gasteiger partial charge on any atom is 0.328 e. The van der Waals surface area contributed by atoms with Gasteiger partial charge in [0.05, 0.1) is 10.4 Å². The van der Waals surface area contributed by atoms with Gasteiger partial charge >= 0.3 is 5.97 Å². The van der Waals surface area contributed by atoms with Crippen LogP contribution in [0.4, 0.5) is 0 Å². The van der Waals surface area contributed by atoms with Crippen LogP contribution in [0.2, 0.25) is 0 Å². The molecule has 0 saturated heterocycles. The number of hydrogen-bond donors (Lipinski definition) is 1. The van der Waals surface area contributed by atoms with Crippen molar-refractivity contribution in [2.24, 2.45) is 0 Å². The number of carbonyl (C=O) groups is 2. The summed E-state index contributed by atoms with van der Waals surface area (Å²) < 4.78 is 5.79. The van der Waals surface area contributed by atoms with Crippen molar-refractivity contribution in [3.63, 3.8) is 0 Å². The molecule has 1 aromatic heterocycles. The summed E-state index contributed by atoms with van der Waals surface area (Å²) in [5.74, 6) is -0.752. The van der Waals surface area contributed by atoms with Gasteiger partial charge in [0.1, 0.15) is 6.04 Å². The van der Waals surface area contributed by atoms with Gasteiger partial charge < -0.3 is 10.1 Å². The van der Waals surface area contributed by atoms with Gasteiger partial charge in [0.2, 0.25) is 5.91 Å². The Hall–Kier alpha value is -1.14. The highest BCUT2D eigenvalue weighted by Crippen LogP contribution is 2.22. The fraction of sp³-hybridized carbons (Fsp3) is 0.333. The number of amides is 1. The Balaban J connectivity index is 2.46. The number of thiophene rings is 1. The van der Waals surface area contributed by atoms with E-state index in [1.165, 1.54) is 17.4 Å². The van der Waals surface area contributed by atoms with Crippen molar-refractivity contribution >= 4 is 45.2 Å². The minimum Gasteiger partial charge on any atom is -0.464 e. The van der Waals surface area contributed by atoms with Crippen molar-refractivity contribution in [2.45, 2.75) is 19.9 Å². The number of halogens is 1. The van der Waals surface area contributed by atoms with Crippen LogP contribution in [0.1, 0.15) is 18.7 Å². The molecule has 0 aromatic carbocycles. The van der Waals surface area contributed by atoms with Crippen LogP contribution in [0, 0.1) is 0 Å². The second kappa shape index (κ2) is 7.33. The van der Waals surface area contributed by atoms with E-state index in [4.69, 9.17) is 4.74 Å². The molecule has 1 amide bonds. The lowest BCUT2D eigenvalue weighted by atomic mass is 10.3. The third-order valence-electron chi connectivity index (χ3n) is 1.99. The zero-order chi connectivity index (χ0) is 13.5. The highest BCUT2D eigenvalue weighted by Gasteiger charge is 2.14. The first-order chi connectivity index (χ1) is 8.52. The van der Waals surface area contributed by atoms with Crippen LogP contribution in [-0.4, -0.2) is 24.5 Å². The fourth-order valence-corrected chi connectivity index (χ4v) is 2.49. The Morgan fingerprint density at radius 3 is 2.83 bits per heavy atom. The highest BCUT2D eigenvalue weighted by molar-refractivity contribution is 9.11. The van der Waals surface area contributed by atoms with Crippen molar-refractivity contribution in [2.75, 3.05) is 6.61 Å². The zero-order valence-electron chi connectivity index (χ0n) is 10.1. The molecule has 1 heterocycles. The lowest BCUT2D eigenvalue weighted by Gasteiger charge is -2.10. The second-order valence-electron chi connectivity index (χ2n) is 3.46. The lowest BCUT2D eigenvalue weighted by Crippen LogP contribution is -2.38. The van der Waals surface area contributed by atoms with E-state index < -0.39 is 12.0 Å². The molecule has 4 nitrogen and oxygen atoms in total. The van der Waals surface area contributed by atoms with Gasteiger partial charge in [0.25, 0.3) is 0 Å². The van der Waals surface area contributed by atoms with Gasteiger partial charge in [-0.05, 0) is 48.0 Å². The monoisotopic (exact) mass is 331 g/mol. The average Bonchev–Trinajstić information content (AvgIpc) is 2.73. The molecule has 0 aliphatic rings. The van der Waals surface area contributed by atoms with Gasteiger partial charge in [-0.2, -0.15) is 0 Å². The molecule has 0 spiro atoms. The van der Waals surface area contributed by atoms with E-state index in [-0.39, 0.29) is 5.91 Å². The van der Waals surface area contributed by atoms with E-state index in [1.807, 2.05) is 12.1 Å². The predicted molar refractivity (Wildman–Crippen MR) is 75.3 cm³/mol. The van der Waals surface area contributed by atoms with Gasteiger partial charge in [-0.1, -0.05) is 0 Å². The van der Waals surface area contributed by atoms with E-state index in [2.05, 4.69) is 21.2 Å². The smallest absolute Gasteiger partial charge is 0.328 e. The lowest BCUT2D eigenvalue weighted by molar-refractivity contribution is -0.146. The Morgan fingerprint density at radius 2 is 2.28 bits per heavy atom. The van der Waals surface area contributed by atoms with E-state index in [0.717, 1.165) is 8.66 Å². The summed E-state index contributed by atoms with van der Waals surface area (Å²) >= 11 is 4.86. The first-order valence-electron chi connectivity index (χ1n) is 5.43. The number of carbonyl (C=O) groups excluding carboxylic acids is 2. The SMILES string of the molecule is CCOC(=O)C(C)NC(=O)/C=C/c1ccc(Br)s1. The third-order valence-corrected chi connectivity index (χ3v) is 3.58. The molecule has 1 rings (SSSR count). The molecular formula is C12H14BrNO3S. The summed E-state index contributed by atoms with van der Waals surface area (Å²) in [7, 11) is 0. The zero-order valence-corrected chi connectivity index (χ0v) is 12.5. The van der Waals surface area contributed by atoms with Crippen LogP contribution in [-0.2, 0) is 14.3 Å². The molecular weight excluding hydrogens is 318 g/mol. The van der Waals surface area contributed by atoms with Gasteiger partial charge in [-0.3, -0.25) is 4.79 Å². The number of nitrogens with one attached hydrogen (secondary N) is 1. The van der Waals surface area contributed by atoms with Crippen molar-refractivity contribution < 1.29 is 14.3 Å².